The second kappa shape index (κ2) is 3.79. The summed E-state index contributed by atoms with van der Waals surface area (Å²) >= 11 is 6.74. The van der Waals surface area contributed by atoms with Gasteiger partial charge in [0.15, 0.2) is 5.84 Å². The molecule has 0 spiro atoms. The molecule has 0 bridgehead atoms. The second-order valence-electron chi connectivity index (χ2n) is 3.65. The standard InChI is InChI=1S/C10H8N2O2S3/c13-17(14)8-4-2-1-3-7(8)9(11-17)12-5-6-16-10(12)15/h1-4H,5-6H2. The van der Waals surface area contributed by atoms with Gasteiger partial charge in [-0.05, 0) is 12.1 Å². The number of amidine groups is 1. The monoisotopic (exact) mass is 284 g/mol. The Balaban J connectivity index is 2.17. The van der Waals surface area contributed by atoms with Gasteiger partial charge >= 0.3 is 0 Å². The SMILES string of the molecule is O=S1(=O)N=C(N2CCSC2=S)c2ccccc21. The van der Waals surface area contributed by atoms with Crippen LogP contribution < -0.4 is 0 Å². The number of nitrogens with zero attached hydrogens (tertiary/aromatic N) is 2. The Morgan fingerprint density at radius 3 is 2.82 bits per heavy atom. The molecule has 0 aromatic heterocycles. The van der Waals surface area contributed by atoms with E-state index in [0.29, 0.717) is 22.3 Å². The summed E-state index contributed by atoms with van der Waals surface area (Å²) in [6.45, 7) is 0.714. The third kappa shape index (κ3) is 1.69. The predicted molar refractivity (Wildman–Crippen MR) is 71.9 cm³/mol. The summed E-state index contributed by atoms with van der Waals surface area (Å²) in [4.78, 5) is 2.07. The van der Waals surface area contributed by atoms with E-state index in [-0.39, 0.29) is 4.90 Å². The maximum atomic E-state index is 11.9. The fourth-order valence-corrected chi connectivity index (χ4v) is 4.29. The molecule has 0 saturated carbocycles. The number of thioether (sulfide) groups is 1. The highest BCUT2D eigenvalue weighted by molar-refractivity contribution is 8.23. The van der Waals surface area contributed by atoms with Crippen molar-refractivity contribution in [2.75, 3.05) is 12.3 Å². The molecule has 3 rings (SSSR count). The smallest absolute Gasteiger partial charge is 0.285 e. The number of rotatable bonds is 0. The Morgan fingerprint density at radius 1 is 1.35 bits per heavy atom. The van der Waals surface area contributed by atoms with Crippen LogP contribution in [0, 0.1) is 0 Å². The summed E-state index contributed by atoms with van der Waals surface area (Å²) in [5.74, 6) is 1.34. The first-order valence-corrected chi connectivity index (χ1v) is 7.82. The Kier molecular flexibility index (Phi) is 2.49. The predicted octanol–water partition coefficient (Wildman–Crippen LogP) is 1.47. The van der Waals surface area contributed by atoms with Gasteiger partial charge in [-0.3, -0.25) is 0 Å². The van der Waals surface area contributed by atoms with E-state index < -0.39 is 10.0 Å². The largest absolute Gasteiger partial charge is 0.310 e. The maximum Gasteiger partial charge on any atom is 0.285 e. The topological polar surface area (TPSA) is 49.7 Å². The van der Waals surface area contributed by atoms with Crippen molar-refractivity contribution in [1.82, 2.24) is 4.90 Å². The van der Waals surface area contributed by atoms with Crippen LogP contribution in [-0.2, 0) is 10.0 Å². The van der Waals surface area contributed by atoms with Gasteiger partial charge in [0.2, 0.25) is 0 Å². The zero-order valence-corrected chi connectivity index (χ0v) is 11.1. The van der Waals surface area contributed by atoms with Gasteiger partial charge in [0, 0.05) is 17.9 Å². The number of benzene rings is 1. The minimum atomic E-state index is -3.54. The average molecular weight is 284 g/mol. The number of sulfonamides is 1. The fourth-order valence-electron chi connectivity index (χ4n) is 1.87. The van der Waals surface area contributed by atoms with Gasteiger partial charge in [-0.25, -0.2) is 0 Å². The summed E-state index contributed by atoms with van der Waals surface area (Å²) in [5.41, 5.74) is 0.650. The van der Waals surface area contributed by atoms with Crippen LogP contribution in [0.3, 0.4) is 0 Å². The van der Waals surface area contributed by atoms with E-state index in [1.165, 1.54) is 0 Å². The lowest BCUT2D eigenvalue weighted by atomic mass is 10.2. The molecule has 1 saturated heterocycles. The molecule has 0 amide bonds. The number of thiocarbonyl (C=S) groups is 1. The van der Waals surface area contributed by atoms with Crippen molar-refractivity contribution < 1.29 is 8.42 Å². The van der Waals surface area contributed by atoms with Gasteiger partial charge < -0.3 is 4.90 Å². The highest BCUT2D eigenvalue weighted by atomic mass is 32.2. The normalized spacial score (nSPS) is 21.5. The van der Waals surface area contributed by atoms with Crippen molar-refractivity contribution >= 4 is 44.2 Å². The molecule has 0 aliphatic carbocycles. The molecule has 0 atom stereocenters. The van der Waals surface area contributed by atoms with Crippen LogP contribution in [0.5, 0.6) is 0 Å². The van der Waals surface area contributed by atoms with E-state index in [9.17, 15) is 8.42 Å². The Bertz CT molecular complexity index is 637. The molecule has 0 N–H and O–H groups in total. The maximum absolute atomic E-state index is 11.9. The summed E-state index contributed by atoms with van der Waals surface area (Å²) in [6, 6.07) is 6.85. The van der Waals surface area contributed by atoms with Crippen LogP contribution in [0.2, 0.25) is 0 Å². The van der Waals surface area contributed by atoms with E-state index >= 15 is 0 Å². The molecular weight excluding hydrogens is 276 g/mol. The van der Waals surface area contributed by atoms with Crippen molar-refractivity contribution in [3.05, 3.63) is 29.8 Å². The molecular formula is C10H8N2O2S3. The molecule has 2 aliphatic rings. The molecule has 17 heavy (non-hydrogen) atoms. The fraction of sp³-hybridized carbons (Fsp3) is 0.200. The van der Waals surface area contributed by atoms with Crippen molar-refractivity contribution in [3.8, 4) is 0 Å². The van der Waals surface area contributed by atoms with Gasteiger partial charge in [-0.2, -0.15) is 8.42 Å². The van der Waals surface area contributed by atoms with Crippen LogP contribution in [0.1, 0.15) is 5.56 Å². The van der Waals surface area contributed by atoms with E-state index in [1.807, 2.05) is 0 Å². The molecule has 0 unspecified atom stereocenters. The number of hydrogen-bond acceptors (Lipinski definition) is 4. The van der Waals surface area contributed by atoms with Crippen LogP contribution in [0.25, 0.3) is 0 Å². The summed E-state index contributed by atoms with van der Waals surface area (Å²) < 4.78 is 28.3. The highest BCUT2D eigenvalue weighted by Gasteiger charge is 2.34. The van der Waals surface area contributed by atoms with Crippen LogP contribution in [0.4, 0.5) is 0 Å². The average Bonchev–Trinajstić information content (AvgIpc) is 2.82. The summed E-state index contributed by atoms with van der Waals surface area (Å²) in [5, 5.41) is 0. The Labute approximate surface area is 109 Å². The Hall–Kier alpha value is -0.920. The van der Waals surface area contributed by atoms with Crippen molar-refractivity contribution in [3.63, 3.8) is 0 Å². The molecule has 2 aliphatic heterocycles. The van der Waals surface area contributed by atoms with Gasteiger partial charge in [0.1, 0.15) is 9.22 Å². The lowest BCUT2D eigenvalue weighted by molar-refractivity contribution is 0.599. The van der Waals surface area contributed by atoms with E-state index in [1.54, 1.807) is 40.9 Å². The zero-order valence-electron chi connectivity index (χ0n) is 8.66. The van der Waals surface area contributed by atoms with Gasteiger partial charge in [-0.1, -0.05) is 36.1 Å². The minimum Gasteiger partial charge on any atom is -0.310 e. The lowest BCUT2D eigenvalue weighted by Gasteiger charge is -2.16. The van der Waals surface area contributed by atoms with Crippen molar-refractivity contribution in [1.29, 1.82) is 0 Å². The molecule has 0 radical (unpaired) electrons. The third-order valence-electron chi connectivity index (χ3n) is 2.63. The van der Waals surface area contributed by atoms with E-state index in [4.69, 9.17) is 12.2 Å². The van der Waals surface area contributed by atoms with Crippen LogP contribution in [-0.4, -0.2) is 35.8 Å². The zero-order chi connectivity index (χ0) is 12.0. The van der Waals surface area contributed by atoms with Gasteiger partial charge in [0.05, 0.1) is 0 Å². The van der Waals surface area contributed by atoms with Crippen molar-refractivity contribution in [2.45, 2.75) is 4.90 Å². The number of hydrogen-bond donors (Lipinski definition) is 0. The molecule has 1 fully saturated rings. The van der Waals surface area contributed by atoms with E-state index in [2.05, 4.69) is 4.40 Å². The Morgan fingerprint density at radius 2 is 2.12 bits per heavy atom. The molecule has 2 heterocycles. The van der Waals surface area contributed by atoms with Gasteiger partial charge in [0.25, 0.3) is 10.0 Å². The van der Waals surface area contributed by atoms with Crippen molar-refractivity contribution in [2.24, 2.45) is 4.40 Å². The first kappa shape index (κ1) is 11.2. The summed E-state index contributed by atoms with van der Waals surface area (Å²) in [6.07, 6.45) is 0. The minimum absolute atomic E-state index is 0.273. The lowest BCUT2D eigenvalue weighted by Crippen LogP contribution is -2.30. The van der Waals surface area contributed by atoms with Gasteiger partial charge in [-0.15, -0.1) is 4.40 Å². The quantitative estimate of drug-likeness (QED) is 0.675. The highest BCUT2D eigenvalue weighted by Crippen LogP contribution is 2.30. The first-order chi connectivity index (χ1) is 8.09. The van der Waals surface area contributed by atoms with Crippen LogP contribution >= 0.6 is 24.0 Å². The summed E-state index contributed by atoms with van der Waals surface area (Å²) in [7, 11) is -3.54. The first-order valence-electron chi connectivity index (χ1n) is 4.98. The third-order valence-corrected chi connectivity index (χ3v) is 5.38. The molecule has 1 aromatic carbocycles. The molecule has 1 aromatic rings. The van der Waals surface area contributed by atoms with Crippen LogP contribution in [0.15, 0.2) is 33.6 Å². The second-order valence-corrected chi connectivity index (χ2v) is 6.95. The van der Waals surface area contributed by atoms with E-state index in [0.717, 1.165) is 5.75 Å². The molecule has 7 heteroatoms. The molecule has 4 nitrogen and oxygen atoms in total. The number of fused-ring (bicyclic) bond motifs is 1. The molecule has 88 valence electrons.